The highest BCUT2D eigenvalue weighted by molar-refractivity contribution is 6.30. The lowest BCUT2D eigenvalue weighted by Gasteiger charge is -2.29. The summed E-state index contributed by atoms with van der Waals surface area (Å²) in [6.07, 6.45) is 2.56. The van der Waals surface area contributed by atoms with Crippen LogP contribution in [0.15, 0.2) is 36.5 Å². The Morgan fingerprint density at radius 3 is 3.08 bits per heavy atom. The molecule has 1 aromatic heterocycles. The molecule has 1 aliphatic heterocycles. The number of amides is 1. The summed E-state index contributed by atoms with van der Waals surface area (Å²) in [5.74, 6) is 0.505. The van der Waals surface area contributed by atoms with Gasteiger partial charge in [0.25, 0.3) is 5.91 Å². The molecule has 0 spiro atoms. The SMILES string of the molecule is COC[C@@H]1CCn2nccc2CN1C(=O)COc1cccc(Cl)c1. The molecule has 7 heteroatoms. The molecule has 6 nitrogen and oxygen atoms in total. The first-order valence-corrected chi connectivity index (χ1v) is 8.22. The number of aryl methyl sites for hydroxylation is 1. The van der Waals surface area contributed by atoms with E-state index in [-0.39, 0.29) is 18.6 Å². The second-order valence-electron chi connectivity index (χ2n) is 5.71. The highest BCUT2D eigenvalue weighted by atomic mass is 35.5. The van der Waals surface area contributed by atoms with Crippen LogP contribution in [-0.2, 0) is 22.6 Å². The fourth-order valence-corrected chi connectivity index (χ4v) is 3.05. The normalized spacial score (nSPS) is 17.2. The van der Waals surface area contributed by atoms with Crippen LogP contribution in [0.3, 0.4) is 0 Å². The molecule has 1 aliphatic rings. The number of halogens is 1. The van der Waals surface area contributed by atoms with E-state index < -0.39 is 0 Å². The maximum absolute atomic E-state index is 12.7. The van der Waals surface area contributed by atoms with Gasteiger partial charge in [0.1, 0.15) is 5.75 Å². The van der Waals surface area contributed by atoms with Gasteiger partial charge in [-0.3, -0.25) is 9.48 Å². The molecule has 0 aliphatic carbocycles. The molecule has 0 fully saturated rings. The van der Waals surface area contributed by atoms with Crippen molar-refractivity contribution in [1.29, 1.82) is 0 Å². The van der Waals surface area contributed by atoms with Gasteiger partial charge in [0, 0.05) is 24.9 Å². The van der Waals surface area contributed by atoms with Crippen LogP contribution in [0, 0.1) is 0 Å². The van der Waals surface area contributed by atoms with Gasteiger partial charge >= 0.3 is 0 Å². The lowest BCUT2D eigenvalue weighted by molar-refractivity contribution is -0.137. The van der Waals surface area contributed by atoms with Crippen LogP contribution in [0.2, 0.25) is 5.02 Å². The average Bonchev–Trinajstić information content (AvgIpc) is 2.95. The van der Waals surface area contributed by atoms with Crippen molar-refractivity contribution in [1.82, 2.24) is 14.7 Å². The second kappa shape index (κ2) is 7.68. The molecule has 2 aromatic rings. The lowest BCUT2D eigenvalue weighted by atomic mass is 10.2. The minimum atomic E-state index is -0.0772. The summed E-state index contributed by atoms with van der Waals surface area (Å²) in [6, 6.07) is 8.98. The first-order chi connectivity index (χ1) is 11.7. The maximum atomic E-state index is 12.7. The average molecular weight is 350 g/mol. The third kappa shape index (κ3) is 3.88. The monoisotopic (exact) mass is 349 g/mol. The van der Waals surface area contributed by atoms with Crippen molar-refractivity contribution in [2.45, 2.75) is 25.6 Å². The number of aromatic nitrogens is 2. The first kappa shape index (κ1) is 16.8. The summed E-state index contributed by atoms with van der Waals surface area (Å²) in [4.78, 5) is 14.5. The molecule has 2 heterocycles. The molecular weight excluding hydrogens is 330 g/mol. The third-order valence-corrected chi connectivity index (χ3v) is 4.32. The lowest BCUT2D eigenvalue weighted by Crippen LogP contribution is -2.44. The highest BCUT2D eigenvalue weighted by Crippen LogP contribution is 2.20. The van der Waals surface area contributed by atoms with E-state index in [4.69, 9.17) is 21.1 Å². The Morgan fingerprint density at radius 2 is 2.29 bits per heavy atom. The molecule has 0 bridgehead atoms. The fraction of sp³-hybridized carbons (Fsp3) is 0.412. The topological polar surface area (TPSA) is 56.6 Å². The van der Waals surface area contributed by atoms with Crippen LogP contribution in [0.25, 0.3) is 0 Å². The van der Waals surface area contributed by atoms with Gasteiger partial charge in [0.15, 0.2) is 6.61 Å². The molecule has 128 valence electrons. The molecule has 0 saturated carbocycles. The van der Waals surface area contributed by atoms with Gasteiger partial charge in [-0.25, -0.2) is 0 Å². The number of carbonyl (C=O) groups is 1. The van der Waals surface area contributed by atoms with E-state index >= 15 is 0 Å². The second-order valence-corrected chi connectivity index (χ2v) is 6.15. The van der Waals surface area contributed by atoms with Crippen molar-refractivity contribution in [3.8, 4) is 5.75 Å². The van der Waals surface area contributed by atoms with Gasteiger partial charge in [-0.2, -0.15) is 5.10 Å². The number of fused-ring (bicyclic) bond motifs is 1. The van der Waals surface area contributed by atoms with Crippen LogP contribution in [0.4, 0.5) is 0 Å². The zero-order chi connectivity index (χ0) is 16.9. The van der Waals surface area contributed by atoms with Gasteiger partial charge in [0.05, 0.1) is 24.9 Å². The predicted molar refractivity (Wildman–Crippen MR) is 90.0 cm³/mol. The Bertz CT molecular complexity index is 704. The molecule has 0 radical (unpaired) electrons. The Labute approximate surface area is 145 Å². The van der Waals surface area contributed by atoms with Gasteiger partial charge < -0.3 is 14.4 Å². The standard InChI is InChI=1S/C17H20ClN3O3/c1-23-11-15-6-8-21-14(5-7-19-21)10-20(15)17(22)12-24-16-4-2-3-13(18)9-16/h2-5,7,9,15H,6,8,10-12H2,1H3/t15-/m0/s1. The van der Waals surface area contributed by atoms with Crippen molar-refractivity contribution < 1.29 is 14.3 Å². The fourth-order valence-electron chi connectivity index (χ4n) is 2.87. The first-order valence-electron chi connectivity index (χ1n) is 7.85. The summed E-state index contributed by atoms with van der Waals surface area (Å²) < 4.78 is 12.8. The Kier molecular flexibility index (Phi) is 5.37. The van der Waals surface area contributed by atoms with Crippen LogP contribution in [0.5, 0.6) is 5.75 Å². The van der Waals surface area contributed by atoms with Crippen molar-refractivity contribution in [3.63, 3.8) is 0 Å². The number of methoxy groups -OCH3 is 1. The number of rotatable bonds is 5. The largest absolute Gasteiger partial charge is 0.484 e. The summed E-state index contributed by atoms with van der Waals surface area (Å²) in [6.45, 7) is 1.74. The van der Waals surface area contributed by atoms with Crippen LogP contribution in [-0.4, -0.2) is 47.0 Å². The quantitative estimate of drug-likeness (QED) is 0.831. The smallest absolute Gasteiger partial charge is 0.261 e. The molecular formula is C17H20ClN3O3. The number of benzene rings is 1. The van der Waals surface area contributed by atoms with E-state index in [2.05, 4.69) is 5.10 Å². The van der Waals surface area contributed by atoms with E-state index in [0.717, 1.165) is 18.7 Å². The Balaban J connectivity index is 1.70. The minimum absolute atomic E-state index is 0.00663. The van der Waals surface area contributed by atoms with Crippen LogP contribution < -0.4 is 4.74 Å². The molecule has 24 heavy (non-hydrogen) atoms. The van der Waals surface area contributed by atoms with Crippen molar-refractivity contribution >= 4 is 17.5 Å². The number of hydrogen-bond donors (Lipinski definition) is 0. The molecule has 0 N–H and O–H groups in total. The van der Waals surface area contributed by atoms with Gasteiger partial charge in [-0.15, -0.1) is 0 Å². The Morgan fingerprint density at radius 1 is 1.42 bits per heavy atom. The van der Waals surface area contributed by atoms with E-state index in [1.54, 1.807) is 37.6 Å². The highest BCUT2D eigenvalue weighted by Gasteiger charge is 2.28. The zero-order valence-corrected chi connectivity index (χ0v) is 14.3. The van der Waals surface area contributed by atoms with Gasteiger partial charge in [0.2, 0.25) is 0 Å². The van der Waals surface area contributed by atoms with Crippen molar-refractivity contribution in [2.75, 3.05) is 20.3 Å². The van der Waals surface area contributed by atoms with E-state index in [9.17, 15) is 4.79 Å². The molecule has 0 saturated heterocycles. The summed E-state index contributed by atoms with van der Waals surface area (Å²) in [5, 5.41) is 4.88. The summed E-state index contributed by atoms with van der Waals surface area (Å²) in [7, 11) is 1.65. The van der Waals surface area contributed by atoms with Crippen LogP contribution in [0.1, 0.15) is 12.1 Å². The third-order valence-electron chi connectivity index (χ3n) is 4.09. The van der Waals surface area contributed by atoms with Gasteiger partial charge in [-0.05, 0) is 30.7 Å². The van der Waals surface area contributed by atoms with E-state index in [1.807, 2.05) is 15.6 Å². The number of nitrogens with zero attached hydrogens (tertiary/aromatic N) is 3. The van der Waals surface area contributed by atoms with Crippen LogP contribution >= 0.6 is 11.6 Å². The summed E-state index contributed by atoms with van der Waals surface area (Å²) in [5.41, 5.74) is 1.02. The summed E-state index contributed by atoms with van der Waals surface area (Å²) >= 11 is 5.94. The van der Waals surface area contributed by atoms with Crippen molar-refractivity contribution in [3.05, 3.63) is 47.2 Å². The van der Waals surface area contributed by atoms with Gasteiger partial charge in [-0.1, -0.05) is 17.7 Å². The minimum Gasteiger partial charge on any atom is -0.484 e. The number of hydrogen-bond acceptors (Lipinski definition) is 4. The molecule has 1 aromatic carbocycles. The molecule has 1 amide bonds. The Hall–Kier alpha value is -2.05. The van der Waals surface area contributed by atoms with E-state index in [1.165, 1.54) is 0 Å². The number of carbonyl (C=O) groups excluding carboxylic acids is 1. The molecule has 3 rings (SSSR count). The predicted octanol–water partition coefficient (Wildman–Crippen LogP) is 2.36. The zero-order valence-electron chi connectivity index (χ0n) is 13.5. The maximum Gasteiger partial charge on any atom is 0.261 e. The van der Waals surface area contributed by atoms with E-state index in [0.29, 0.717) is 23.9 Å². The van der Waals surface area contributed by atoms with Crippen molar-refractivity contribution in [2.24, 2.45) is 0 Å². The number of ether oxygens (including phenoxy) is 2. The molecule has 0 unspecified atom stereocenters. The molecule has 1 atom stereocenters.